The van der Waals surface area contributed by atoms with Gasteiger partial charge in [-0.3, -0.25) is 0 Å². The Kier molecular flexibility index (Phi) is 6.26. The first-order valence-electron chi connectivity index (χ1n) is 11.5. The molecule has 0 heterocycles. The van der Waals surface area contributed by atoms with E-state index in [1.54, 1.807) is 12.1 Å². The zero-order valence-electron chi connectivity index (χ0n) is 21.3. The number of hydrogen-bond acceptors (Lipinski definition) is 4. The molecule has 0 saturated heterocycles. The van der Waals surface area contributed by atoms with Gasteiger partial charge in [0.2, 0.25) is 0 Å². The highest BCUT2D eigenvalue weighted by molar-refractivity contribution is 6.74. The van der Waals surface area contributed by atoms with Crippen molar-refractivity contribution in [3.8, 4) is 22.6 Å². The van der Waals surface area contributed by atoms with Crippen LogP contribution in [0.1, 0.15) is 64.9 Å². The fraction of sp³-hybridized carbons (Fsp3) is 0.538. The second-order valence-electron chi connectivity index (χ2n) is 12.1. The van der Waals surface area contributed by atoms with Crippen LogP contribution in [-0.4, -0.2) is 26.8 Å². The summed E-state index contributed by atoms with van der Waals surface area (Å²) >= 11 is 0. The Bertz CT molecular complexity index is 918. The van der Waals surface area contributed by atoms with Crippen molar-refractivity contribution < 1.29 is 19.1 Å². The number of benzene rings is 2. The molecule has 176 valence electrons. The van der Waals surface area contributed by atoms with E-state index in [4.69, 9.17) is 8.85 Å². The number of fused-ring (bicyclic) bond motifs is 3. The molecule has 0 spiro atoms. The van der Waals surface area contributed by atoms with Crippen LogP contribution in [0.5, 0.6) is 11.5 Å². The lowest BCUT2D eigenvalue weighted by atomic mass is 9.81. The van der Waals surface area contributed by atoms with Gasteiger partial charge in [0.05, 0.1) is 0 Å². The Morgan fingerprint density at radius 1 is 0.625 bits per heavy atom. The summed E-state index contributed by atoms with van der Waals surface area (Å²) in [5.41, 5.74) is 3.07. The standard InChI is InChI=1S/C26H40O4Si2/c1-25(2,3)31(7,8)29-23-17-13-11-15-19(27)21(17)22-18(14-12-16-20(22)28)24(23)30-32(9,10)26(4,5)6/h11-16,23-24,27-28H,1-10H3/t23-,24-/m1/s1. The molecule has 2 aromatic carbocycles. The molecule has 2 aromatic rings. The van der Waals surface area contributed by atoms with Gasteiger partial charge in [0.25, 0.3) is 0 Å². The van der Waals surface area contributed by atoms with Crippen molar-refractivity contribution in [2.24, 2.45) is 0 Å². The second kappa shape index (κ2) is 8.01. The minimum Gasteiger partial charge on any atom is -0.507 e. The molecule has 0 amide bonds. The molecule has 0 saturated carbocycles. The van der Waals surface area contributed by atoms with Crippen LogP contribution in [-0.2, 0) is 8.85 Å². The molecule has 1 aliphatic carbocycles. The van der Waals surface area contributed by atoms with Crippen LogP contribution in [0.25, 0.3) is 11.1 Å². The Labute approximate surface area is 195 Å². The van der Waals surface area contributed by atoms with Crippen LogP contribution in [0.2, 0.25) is 36.3 Å². The average Bonchev–Trinajstić information content (AvgIpc) is 2.62. The third-order valence-electron chi connectivity index (χ3n) is 7.74. The first-order valence-corrected chi connectivity index (χ1v) is 17.3. The van der Waals surface area contributed by atoms with E-state index in [9.17, 15) is 10.2 Å². The first-order chi connectivity index (χ1) is 14.5. The van der Waals surface area contributed by atoms with Gasteiger partial charge in [-0.15, -0.1) is 0 Å². The Hall–Kier alpha value is -1.61. The van der Waals surface area contributed by atoms with Gasteiger partial charge in [0, 0.05) is 11.1 Å². The van der Waals surface area contributed by atoms with Crippen molar-refractivity contribution in [3.05, 3.63) is 47.5 Å². The van der Waals surface area contributed by atoms with Crippen molar-refractivity contribution >= 4 is 16.6 Å². The minimum atomic E-state index is -2.18. The summed E-state index contributed by atoms with van der Waals surface area (Å²) in [7, 11) is -4.37. The molecule has 1 aliphatic rings. The van der Waals surface area contributed by atoms with Gasteiger partial charge in [-0.05, 0) is 59.5 Å². The van der Waals surface area contributed by atoms with Crippen LogP contribution < -0.4 is 0 Å². The normalized spacial score (nSPS) is 19.4. The number of hydrogen-bond donors (Lipinski definition) is 2. The molecule has 0 aromatic heterocycles. The molecule has 0 radical (unpaired) electrons. The third-order valence-corrected chi connectivity index (χ3v) is 16.7. The average molecular weight is 473 g/mol. The number of aromatic hydroxyl groups is 2. The summed E-state index contributed by atoms with van der Waals surface area (Å²) < 4.78 is 14.1. The fourth-order valence-corrected chi connectivity index (χ4v) is 6.18. The molecule has 0 bridgehead atoms. The van der Waals surface area contributed by atoms with Crippen molar-refractivity contribution in [1.29, 1.82) is 0 Å². The maximum Gasteiger partial charge on any atom is 0.193 e. The minimum absolute atomic E-state index is 0.0185. The van der Waals surface area contributed by atoms with E-state index in [1.165, 1.54) is 0 Å². The quantitative estimate of drug-likeness (QED) is 0.444. The smallest absolute Gasteiger partial charge is 0.193 e. The van der Waals surface area contributed by atoms with E-state index in [0.29, 0.717) is 11.1 Å². The lowest BCUT2D eigenvalue weighted by molar-refractivity contribution is 0.0316. The third kappa shape index (κ3) is 4.30. The Morgan fingerprint density at radius 2 is 0.938 bits per heavy atom. The predicted octanol–water partition coefficient (Wildman–Crippen LogP) is 7.90. The second-order valence-corrected chi connectivity index (χ2v) is 21.6. The summed E-state index contributed by atoms with van der Waals surface area (Å²) in [6.45, 7) is 22.4. The first kappa shape index (κ1) is 25.0. The van der Waals surface area contributed by atoms with Gasteiger partial charge >= 0.3 is 0 Å². The Balaban J connectivity index is 2.28. The van der Waals surface area contributed by atoms with E-state index in [1.807, 2.05) is 24.3 Å². The molecule has 2 N–H and O–H groups in total. The van der Waals surface area contributed by atoms with Gasteiger partial charge in [0.15, 0.2) is 16.6 Å². The molecule has 2 atom stereocenters. The van der Waals surface area contributed by atoms with Gasteiger partial charge in [-0.25, -0.2) is 0 Å². The van der Waals surface area contributed by atoms with Crippen LogP contribution in [0, 0.1) is 0 Å². The molecule has 32 heavy (non-hydrogen) atoms. The lowest BCUT2D eigenvalue weighted by Gasteiger charge is -2.47. The van der Waals surface area contributed by atoms with Gasteiger partial charge in [-0.2, -0.15) is 0 Å². The number of phenols is 2. The highest BCUT2D eigenvalue weighted by atomic mass is 28.4. The van der Waals surface area contributed by atoms with E-state index < -0.39 is 16.6 Å². The maximum atomic E-state index is 10.9. The summed E-state index contributed by atoms with van der Waals surface area (Å²) in [6, 6.07) is 11.1. The van der Waals surface area contributed by atoms with Crippen LogP contribution in [0.15, 0.2) is 36.4 Å². The summed E-state index contributed by atoms with van der Waals surface area (Å²) in [4.78, 5) is 0. The van der Waals surface area contributed by atoms with E-state index >= 15 is 0 Å². The van der Waals surface area contributed by atoms with E-state index in [2.05, 4.69) is 67.7 Å². The zero-order valence-corrected chi connectivity index (χ0v) is 23.3. The molecule has 6 heteroatoms. The summed E-state index contributed by atoms with van der Waals surface area (Å²) in [5, 5.41) is 21.8. The van der Waals surface area contributed by atoms with Gasteiger partial charge < -0.3 is 19.1 Å². The van der Waals surface area contributed by atoms with Crippen LogP contribution in [0.3, 0.4) is 0 Å². The number of phenolic OH excluding ortho intramolecular Hbond substituents is 2. The highest BCUT2D eigenvalue weighted by Gasteiger charge is 2.48. The maximum absolute atomic E-state index is 10.9. The molecular formula is C26H40O4Si2. The SMILES string of the molecule is CC(C)(C)[Si](C)(C)O[C@@H]1c2cccc(O)c2-c2c(O)cccc2[C@H]1O[Si](C)(C)C(C)(C)C. The predicted molar refractivity (Wildman–Crippen MR) is 137 cm³/mol. The molecule has 0 fully saturated rings. The molecule has 0 aliphatic heterocycles. The molecule has 3 rings (SSSR count). The largest absolute Gasteiger partial charge is 0.507 e. The van der Waals surface area contributed by atoms with Crippen LogP contribution >= 0.6 is 0 Å². The monoisotopic (exact) mass is 472 g/mol. The van der Waals surface area contributed by atoms with E-state index in [-0.39, 0.29) is 33.8 Å². The van der Waals surface area contributed by atoms with Gasteiger partial charge in [0.1, 0.15) is 23.7 Å². The molecule has 0 unspecified atom stereocenters. The Morgan fingerprint density at radius 3 is 1.22 bits per heavy atom. The summed E-state index contributed by atoms with van der Waals surface area (Å²) in [5.74, 6) is 0.305. The fourth-order valence-electron chi connectivity index (χ4n) is 3.70. The van der Waals surface area contributed by atoms with Crippen molar-refractivity contribution in [3.63, 3.8) is 0 Å². The highest BCUT2D eigenvalue weighted by Crippen LogP contribution is 2.57. The van der Waals surface area contributed by atoms with Crippen molar-refractivity contribution in [2.45, 2.75) is 90.0 Å². The summed E-state index contributed by atoms with van der Waals surface area (Å²) in [6.07, 6.45) is -0.720. The zero-order chi connectivity index (χ0) is 24.3. The van der Waals surface area contributed by atoms with E-state index in [0.717, 1.165) is 11.1 Å². The molecular weight excluding hydrogens is 432 g/mol. The van der Waals surface area contributed by atoms with Crippen molar-refractivity contribution in [1.82, 2.24) is 0 Å². The number of rotatable bonds is 4. The van der Waals surface area contributed by atoms with Crippen molar-refractivity contribution in [2.75, 3.05) is 0 Å². The topological polar surface area (TPSA) is 58.9 Å². The molecule has 4 nitrogen and oxygen atoms in total. The van der Waals surface area contributed by atoms with Crippen LogP contribution in [0.4, 0.5) is 0 Å². The lowest BCUT2D eigenvalue weighted by Crippen LogP contribution is -2.47. The van der Waals surface area contributed by atoms with Gasteiger partial charge in [-0.1, -0.05) is 65.8 Å².